The smallest absolute Gasteiger partial charge is 0.184 e. The van der Waals surface area contributed by atoms with Gasteiger partial charge in [-0.1, -0.05) is 17.3 Å². The van der Waals surface area contributed by atoms with E-state index in [1.165, 1.54) is 10.3 Å². The minimum absolute atomic E-state index is 0.0523. The van der Waals surface area contributed by atoms with Crippen molar-refractivity contribution >= 4 is 26.7 Å². The predicted octanol–water partition coefficient (Wildman–Crippen LogP) is 2.38. The molecule has 3 rings (SSSR count). The van der Waals surface area contributed by atoms with Gasteiger partial charge in [0.05, 0.1) is 16.8 Å². The van der Waals surface area contributed by atoms with E-state index in [1.807, 2.05) is 19.9 Å². The van der Waals surface area contributed by atoms with Crippen molar-refractivity contribution in [2.45, 2.75) is 32.4 Å². The number of anilines is 1. The highest BCUT2D eigenvalue weighted by Gasteiger charge is 2.19. The summed E-state index contributed by atoms with van der Waals surface area (Å²) in [5.74, 6) is 6.96. The Morgan fingerprint density at radius 2 is 2.35 bits per heavy atom. The molecule has 4 nitrogen and oxygen atoms in total. The standard InChI is InChI=1S/C15H17N3OS/c1-3-4-11(9(2)16)17-15-18-14-10-7-8-19-12(10)5-6-13(14)20-15/h5-6,9,11H,7-8,16H2,1-2H3,(H,17,18)/t9-,11?/m0/s1. The second kappa shape index (κ2) is 5.31. The highest BCUT2D eigenvalue weighted by Crippen LogP contribution is 2.36. The van der Waals surface area contributed by atoms with E-state index in [4.69, 9.17) is 15.5 Å². The molecule has 0 radical (unpaired) electrons. The zero-order valence-corrected chi connectivity index (χ0v) is 12.4. The highest BCUT2D eigenvalue weighted by molar-refractivity contribution is 7.22. The molecule has 0 bridgehead atoms. The molecule has 0 spiro atoms. The molecule has 1 aromatic carbocycles. The van der Waals surface area contributed by atoms with Gasteiger partial charge in [0, 0.05) is 18.0 Å². The molecule has 0 amide bonds. The van der Waals surface area contributed by atoms with Crippen LogP contribution in [0.4, 0.5) is 5.13 Å². The van der Waals surface area contributed by atoms with Crippen molar-refractivity contribution in [3.05, 3.63) is 17.7 Å². The molecule has 5 heteroatoms. The van der Waals surface area contributed by atoms with Crippen LogP contribution in [0, 0.1) is 11.8 Å². The first-order chi connectivity index (χ1) is 9.69. The molecule has 0 fully saturated rings. The van der Waals surface area contributed by atoms with Crippen molar-refractivity contribution in [1.82, 2.24) is 4.98 Å². The van der Waals surface area contributed by atoms with Gasteiger partial charge in [0.2, 0.25) is 0 Å². The van der Waals surface area contributed by atoms with Crippen LogP contribution in [0.3, 0.4) is 0 Å². The quantitative estimate of drug-likeness (QED) is 0.851. The van der Waals surface area contributed by atoms with Crippen molar-refractivity contribution < 1.29 is 4.74 Å². The maximum atomic E-state index is 5.95. The van der Waals surface area contributed by atoms with Crippen molar-refractivity contribution in [1.29, 1.82) is 0 Å². The van der Waals surface area contributed by atoms with Crippen LogP contribution in [0.1, 0.15) is 19.4 Å². The lowest BCUT2D eigenvalue weighted by molar-refractivity contribution is 0.357. The van der Waals surface area contributed by atoms with Crippen molar-refractivity contribution in [3.8, 4) is 17.6 Å². The van der Waals surface area contributed by atoms with E-state index in [0.29, 0.717) is 0 Å². The number of hydrogen-bond acceptors (Lipinski definition) is 5. The summed E-state index contributed by atoms with van der Waals surface area (Å²) in [5, 5.41) is 4.19. The van der Waals surface area contributed by atoms with Gasteiger partial charge in [-0.3, -0.25) is 0 Å². The summed E-state index contributed by atoms with van der Waals surface area (Å²) in [6.45, 7) is 4.51. The van der Waals surface area contributed by atoms with Crippen molar-refractivity contribution in [2.24, 2.45) is 5.73 Å². The van der Waals surface area contributed by atoms with E-state index in [1.54, 1.807) is 11.3 Å². The molecule has 0 aliphatic carbocycles. The summed E-state index contributed by atoms with van der Waals surface area (Å²) >= 11 is 1.63. The first-order valence-electron chi connectivity index (χ1n) is 6.68. The van der Waals surface area contributed by atoms with Crippen LogP contribution in [0.2, 0.25) is 0 Å². The molecule has 3 N–H and O–H groups in total. The fourth-order valence-electron chi connectivity index (χ4n) is 2.32. The van der Waals surface area contributed by atoms with Crippen LogP contribution in [0.25, 0.3) is 10.2 Å². The monoisotopic (exact) mass is 287 g/mol. The number of ether oxygens (including phenoxy) is 1. The Balaban J connectivity index is 1.95. The molecular weight excluding hydrogens is 270 g/mol. The van der Waals surface area contributed by atoms with Crippen LogP contribution in [-0.2, 0) is 6.42 Å². The molecular formula is C15H17N3OS. The van der Waals surface area contributed by atoms with Crippen molar-refractivity contribution in [2.75, 3.05) is 11.9 Å². The lowest BCUT2D eigenvalue weighted by Crippen LogP contribution is -2.36. The molecule has 0 saturated heterocycles. The first-order valence-corrected chi connectivity index (χ1v) is 7.50. The van der Waals surface area contributed by atoms with Gasteiger partial charge in [0.1, 0.15) is 11.8 Å². The summed E-state index contributed by atoms with van der Waals surface area (Å²) in [4.78, 5) is 4.69. The Morgan fingerprint density at radius 3 is 3.10 bits per heavy atom. The lowest BCUT2D eigenvalue weighted by Gasteiger charge is -2.15. The Kier molecular flexibility index (Phi) is 3.51. The largest absolute Gasteiger partial charge is 0.493 e. The number of aromatic nitrogens is 1. The molecule has 104 valence electrons. The van der Waals surface area contributed by atoms with Gasteiger partial charge < -0.3 is 15.8 Å². The van der Waals surface area contributed by atoms with E-state index in [2.05, 4.69) is 23.2 Å². The molecule has 1 aliphatic rings. The third-order valence-corrected chi connectivity index (χ3v) is 4.29. The maximum Gasteiger partial charge on any atom is 0.184 e. The van der Waals surface area contributed by atoms with E-state index < -0.39 is 0 Å². The summed E-state index contributed by atoms with van der Waals surface area (Å²) in [6.07, 6.45) is 0.932. The van der Waals surface area contributed by atoms with Gasteiger partial charge in [-0.25, -0.2) is 4.98 Å². The summed E-state index contributed by atoms with van der Waals surface area (Å²) in [7, 11) is 0. The SMILES string of the molecule is CC#CC(Nc1nc2c3c(ccc2s1)OCC3)[C@H](C)N. The number of nitrogens with one attached hydrogen (secondary N) is 1. The molecule has 1 aliphatic heterocycles. The Hall–Kier alpha value is -1.77. The highest BCUT2D eigenvalue weighted by atomic mass is 32.1. The third-order valence-electron chi connectivity index (χ3n) is 3.34. The second-order valence-corrected chi connectivity index (χ2v) is 5.91. The number of thiazole rings is 1. The number of fused-ring (bicyclic) bond motifs is 3. The van der Waals surface area contributed by atoms with Crippen LogP contribution >= 0.6 is 11.3 Å². The van der Waals surface area contributed by atoms with Gasteiger partial charge in [-0.2, -0.15) is 0 Å². The van der Waals surface area contributed by atoms with Crippen molar-refractivity contribution in [3.63, 3.8) is 0 Å². The topological polar surface area (TPSA) is 60.2 Å². The number of rotatable bonds is 3. The summed E-state index contributed by atoms with van der Waals surface area (Å²) in [6, 6.07) is 3.96. The zero-order chi connectivity index (χ0) is 14.1. The van der Waals surface area contributed by atoms with Crippen LogP contribution in [0.5, 0.6) is 5.75 Å². The third kappa shape index (κ3) is 2.33. The molecule has 1 unspecified atom stereocenters. The van der Waals surface area contributed by atoms with Gasteiger partial charge >= 0.3 is 0 Å². The van der Waals surface area contributed by atoms with E-state index in [9.17, 15) is 0 Å². The maximum absolute atomic E-state index is 5.95. The number of benzene rings is 1. The minimum atomic E-state index is -0.0788. The first kappa shape index (κ1) is 13.2. The molecule has 0 saturated carbocycles. The van der Waals surface area contributed by atoms with Crippen LogP contribution < -0.4 is 15.8 Å². The number of nitrogens with zero attached hydrogens (tertiary/aromatic N) is 1. The number of nitrogens with two attached hydrogens (primary N) is 1. The summed E-state index contributed by atoms with van der Waals surface area (Å²) < 4.78 is 6.75. The van der Waals surface area contributed by atoms with E-state index in [0.717, 1.165) is 29.4 Å². The second-order valence-electron chi connectivity index (χ2n) is 4.88. The predicted molar refractivity (Wildman–Crippen MR) is 83.3 cm³/mol. The molecule has 2 aromatic rings. The lowest BCUT2D eigenvalue weighted by atomic mass is 10.1. The normalized spacial score (nSPS) is 15.9. The fraction of sp³-hybridized carbons (Fsp3) is 0.400. The Labute approximate surface area is 122 Å². The van der Waals surface area contributed by atoms with E-state index in [-0.39, 0.29) is 12.1 Å². The molecule has 2 heterocycles. The average molecular weight is 287 g/mol. The van der Waals surface area contributed by atoms with Crippen LogP contribution in [0.15, 0.2) is 12.1 Å². The average Bonchev–Trinajstić information content (AvgIpc) is 3.02. The minimum Gasteiger partial charge on any atom is -0.493 e. The Bertz CT molecular complexity index is 696. The van der Waals surface area contributed by atoms with Gasteiger partial charge in [0.25, 0.3) is 0 Å². The Morgan fingerprint density at radius 1 is 1.50 bits per heavy atom. The number of hydrogen-bond donors (Lipinski definition) is 2. The van der Waals surface area contributed by atoms with Gasteiger partial charge in [-0.05, 0) is 26.0 Å². The van der Waals surface area contributed by atoms with Gasteiger partial charge in [-0.15, -0.1) is 5.92 Å². The van der Waals surface area contributed by atoms with Crippen LogP contribution in [-0.4, -0.2) is 23.7 Å². The summed E-state index contributed by atoms with van der Waals surface area (Å²) in [5.41, 5.74) is 8.20. The van der Waals surface area contributed by atoms with E-state index >= 15 is 0 Å². The molecule has 1 aromatic heterocycles. The zero-order valence-electron chi connectivity index (χ0n) is 11.6. The van der Waals surface area contributed by atoms with Gasteiger partial charge in [0.15, 0.2) is 5.13 Å². The molecule has 20 heavy (non-hydrogen) atoms. The molecule has 2 atom stereocenters. The fourth-order valence-corrected chi connectivity index (χ4v) is 3.25.